The van der Waals surface area contributed by atoms with Crippen molar-refractivity contribution < 1.29 is 18.0 Å². The fraction of sp³-hybridized carbons (Fsp3) is 0.500. The molecule has 2 aliphatic heterocycles. The number of nitrogens with two attached hydrogens (primary N) is 1. The van der Waals surface area contributed by atoms with Gasteiger partial charge in [0.25, 0.3) is 5.91 Å². The highest BCUT2D eigenvalue weighted by molar-refractivity contribution is 5.90. The van der Waals surface area contributed by atoms with E-state index in [1.54, 1.807) is 6.07 Å². The summed E-state index contributed by atoms with van der Waals surface area (Å²) in [4.78, 5) is 25.5. The first-order valence-electron chi connectivity index (χ1n) is 11.0. The predicted molar refractivity (Wildman–Crippen MR) is 120 cm³/mol. The minimum Gasteiger partial charge on any atom is -0.371 e. The Morgan fingerprint density at radius 3 is 2.33 bits per heavy atom. The van der Waals surface area contributed by atoms with Crippen molar-refractivity contribution in [3.05, 3.63) is 41.9 Å². The molecule has 0 bridgehead atoms. The van der Waals surface area contributed by atoms with Crippen molar-refractivity contribution in [2.45, 2.75) is 25.1 Å². The molecule has 11 heteroatoms. The molecule has 1 aromatic heterocycles. The van der Waals surface area contributed by atoms with Gasteiger partial charge in [0.1, 0.15) is 11.5 Å². The van der Waals surface area contributed by atoms with Crippen LogP contribution in [0.15, 0.2) is 30.6 Å². The molecule has 3 N–H and O–H groups in total. The van der Waals surface area contributed by atoms with Gasteiger partial charge in [-0.05, 0) is 38.1 Å². The zero-order valence-electron chi connectivity index (χ0n) is 18.5. The van der Waals surface area contributed by atoms with Crippen molar-refractivity contribution in [2.24, 2.45) is 5.73 Å². The number of anilines is 3. The zero-order chi connectivity index (χ0) is 23.6. The number of piperazine rings is 1. The van der Waals surface area contributed by atoms with Gasteiger partial charge < -0.3 is 20.9 Å². The summed E-state index contributed by atoms with van der Waals surface area (Å²) >= 11 is 0. The van der Waals surface area contributed by atoms with E-state index in [1.165, 1.54) is 18.5 Å². The van der Waals surface area contributed by atoms with Crippen LogP contribution >= 0.6 is 0 Å². The standard InChI is InChI=1S/C22H28F3N7O/c1-30-8-10-31(11-9-30)16-4-6-32(7-5-16)19-3-2-15(12-17(19)22(23,24)25)29-20-14-27-18(13-28-20)21(26)33/h2-3,12-14,16H,4-11H2,1H3,(H2,26,33)(H,28,29). The van der Waals surface area contributed by atoms with Crippen LogP contribution in [0.1, 0.15) is 28.9 Å². The molecule has 0 saturated carbocycles. The molecule has 0 atom stereocenters. The number of amides is 1. The van der Waals surface area contributed by atoms with Crippen molar-refractivity contribution in [3.63, 3.8) is 0 Å². The van der Waals surface area contributed by atoms with Gasteiger partial charge in [0.05, 0.1) is 18.0 Å². The monoisotopic (exact) mass is 463 g/mol. The van der Waals surface area contributed by atoms with Crippen LogP contribution in [-0.4, -0.2) is 78.0 Å². The first kappa shape index (κ1) is 23.2. The van der Waals surface area contributed by atoms with Gasteiger partial charge in [-0.25, -0.2) is 9.97 Å². The van der Waals surface area contributed by atoms with Gasteiger partial charge in [-0.3, -0.25) is 9.69 Å². The molecule has 1 amide bonds. The summed E-state index contributed by atoms with van der Waals surface area (Å²) < 4.78 is 41.8. The number of rotatable bonds is 5. The predicted octanol–water partition coefficient (Wildman–Crippen LogP) is 2.55. The number of alkyl halides is 3. The summed E-state index contributed by atoms with van der Waals surface area (Å²) in [7, 11) is 2.11. The van der Waals surface area contributed by atoms with Gasteiger partial charge >= 0.3 is 6.18 Å². The van der Waals surface area contributed by atoms with Gasteiger partial charge in [0, 0.05) is 56.7 Å². The number of nitrogens with one attached hydrogen (secondary N) is 1. The molecule has 4 rings (SSSR count). The Hall–Kier alpha value is -2.92. The summed E-state index contributed by atoms with van der Waals surface area (Å²) in [5.74, 6) is -0.511. The second-order valence-corrected chi connectivity index (χ2v) is 8.56. The molecule has 2 aromatic rings. The number of hydrogen-bond donors (Lipinski definition) is 2. The number of benzene rings is 1. The molecule has 8 nitrogen and oxygen atoms in total. The maximum Gasteiger partial charge on any atom is 0.418 e. The van der Waals surface area contributed by atoms with E-state index in [-0.39, 0.29) is 22.9 Å². The fourth-order valence-corrected chi connectivity index (χ4v) is 4.44. The number of carbonyl (C=O) groups excluding carboxylic acids is 1. The molecular weight excluding hydrogens is 435 g/mol. The van der Waals surface area contributed by atoms with E-state index in [0.29, 0.717) is 19.1 Å². The van der Waals surface area contributed by atoms with E-state index in [4.69, 9.17) is 5.73 Å². The molecular formula is C22H28F3N7O. The van der Waals surface area contributed by atoms with E-state index in [9.17, 15) is 18.0 Å². The highest BCUT2D eigenvalue weighted by Gasteiger charge is 2.36. The Balaban J connectivity index is 1.46. The normalized spacial score (nSPS) is 19.0. The Kier molecular flexibility index (Phi) is 6.71. The third kappa shape index (κ3) is 5.53. The summed E-state index contributed by atoms with van der Waals surface area (Å²) in [6.07, 6.45) is -0.368. The van der Waals surface area contributed by atoms with Crippen LogP contribution in [0.4, 0.5) is 30.4 Å². The largest absolute Gasteiger partial charge is 0.418 e. The lowest BCUT2D eigenvalue weighted by atomic mass is 10.00. The minimum absolute atomic E-state index is 0.0214. The first-order valence-corrected chi connectivity index (χ1v) is 11.0. The van der Waals surface area contributed by atoms with Crippen LogP contribution in [0.5, 0.6) is 0 Å². The van der Waals surface area contributed by atoms with E-state index in [1.807, 2.05) is 4.90 Å². The molecule has 2 aliphatic rings. The number of halogens is 3. The molecule has 0 spiro atoms. The number of primary amides is 1. The zero-order valence-corrected chi connectivity index (χ0v) is 18.5. The van der Waals surface area contributed by atoms with E-state index < -0.39 is 17.6 Å². The van der Waals surface area contributed by atoms with Crippen LogP contribution in [0, 0.1) is 0 Å². The maximum absolute atomic E-state index is 13.9. The Morgan fingerprint density at radius 2 is 1.76 bits per heavy atom. The molecule has 0 radical (unpaired) electrons. The maximum atomic E-state index is 13.9. The van der Waals surface area contributed by atoms with E-state index >= 15 is 0 Å². The number of likely N-dealkylation sites (N-methyl/N-ethyl adjacent to an activating group) is 1. The average molecular weight is 464 g/mol. The molecule has 178 valence electrons. The average Bonchev–Trinajstić information content (AvgIpc) is 2.79. The first-order chi connectivity index (χ1) is 15.7. The smallest absolute Gasteiger partial charge is 0.371 e. The minimum atomic E-state index is -4.50. The molecule has 2 saturated heterocycles. The Labute approximate surface area is 190 Å². The third-order valence-electron chi connectivity index (χ3n) is 6.34. The summed E-state index contributed by atoms with van der Waals surface area (Å²) in [6, 6.07) is 4.62. The topological polar surface area (TPSA) is 90.6 Å². The fourth-order valence-electron chi connectivity index (χ4n) is 4.44. The van der Waals surface area contributed by atoms with Gasteiger partial charge in [-0.15, -0.1) is 0 Å². The van der Waals surface area contributed by atoms with Crippen molar-refractivity contribution in [3.8, 4) is 0 Å². The Morgan fingerprint density at radius 1 is 1.06 bits per heavy atom. The van der Waals surface area contributed by atoms with Crippen molar-refractivity contribution in [2.75, 3.05) is 56.5 Å². The number of aromatic nitrogens is 2. The lowest BCUT2D eigenvalue weighted by molar-refractivity contribution is -0.137. The molecule has 0 aliphatic carbocycles. The molecule has 0 unspecified atom stereocenters. The highest BCUT2D eigenvalue weighted by Crippen LogP contribution is 2.39. The van der Waals surface area contributed by atoms with Crippen LogP contribution in [0.2, 0.25) is 0 Å². The molecule has 1 aromatic carbocycles. The van der Waals surface area contributed by atoms with Crippen LogP contribution in [0.25, 0.3) is 0 Å². The van der Waals surface area contributed by atoms with Gasteiger partial charge in [0.15, 0.2) is 0 Å². The van der Waals surface area contributed by atoms with Crippen molar-refractivity contribution >= 4 is 23.1 Å². The van der Waals surface area contributed by atoms with Gasteiger partial charge in [-0.1, -0.05) is 0 Å². The lowest BCUT2D eigenvalue weighted by Gasteiger charge is -2.43. The second-order valence-electron chi connectivity index (χ2n) is 8.56. The van der Waals surface area contributed by atoms with Gasteiger partial charge in [-0.2, -0.15) is 13.2 Å². The molecule has 2 fully saturated rings. The molecule has 33 heavy (non-hydrogen) atoms. The second kappa shape index (κ2) is 9.52. The van der Waals surface area contributed by atoms with Crippen LogP contribution in [0.3, 0.4) is 0 Å². The van der Waals surface area contributed by atoms with Crippen molar-refractivity contribution in [1.82, 2.24) is 19.8 Å². The van der Waals surface area contributed by atoms with E-state index in [0.717, 1.165) is 45.1 Å². The van der Waals surface area contributed by atoms with Crippen molar-refractivity contribution in [1.29, 1.82) is 0 Å². The highest BCUT2D eigenvalue weighted by atomic mass is 19.4. The lowest BCUT2D eigenvalue weighted by Crippen LogP contribution is -2.52. The van der Waals surface area contributed by atoms with Crippen LogP contribution < -0.4 is 16.0 Å². The summed E-state index contributed by atoms with van der Waals surface area (Å²) in [5.41, 5.74) is 4.85. The quantitative estimate of drug-likeness (QED) is 0.704. The van der Waals surface area contributed by atoms with E-state index in [2.05, 4.69) is 32.1 Å². The third-order valence-corrected chi connectivity index (χ3v) is 6.34. The number of piperidine rings is 1. The Bertz CT molecular complexity index is 967. The summed E-state index contributed by atoms with van der Waals surface area (Å²) in [6.45, 7) is 5.27. The molecule has 3 heterocycles. The number of nitrogens with zero attached hydrogens (tertiary/aromatic N) is 5. The SMILES string of the molecule is CN1CCN(C2CCN(c3ccc(Nc4cnc(C(N)=O)cn4)cc3C(F)(F)F)CC2)CC1. The number of carbonyl (C=O) groups is 1. The van der Waals surface area contributed by atoms with Gasteiger partial charge in [0.2, 0.25) is 0 Å². The van der Waals surface area contributed by atoms with Crippen LogP contribution in [-0.2, 0) is 6.18 Å². The number of hydrogen-bond acceptors (Lipinski definition) is 7. The summed E-state index contributed by atoms with van der Waals surface area (Å²) in [5, 5.41) is 2.81.